The molecule has 7 heteroatoms. The SMILES string of the molecule is O=C(NC[C@H](c1ccco1)N1CCCCC1)c1cnc2ccccn2c1=O. The average Bonchev–Trinajstić information content (AvgIpc) is 3.24. The first-order valence-electron chi connectivity index (χ1n) is 9.26. The number of rotatable bonds is 5. The van der Waals surface area contributed by atoms with Crippen molar-refractivity contribution in [2.45, 2.75) is 25.3 Å². The number of nitrogens with zero attached hydrogens (tertiary/aromatic N) is 3. The normalized spacial score (nSPS) is 16.3. The lowest BCUT2D eigenvalue weighted by Crippen LogP contribution is -2.41. The van der Waals surface area contributed by atoms with Crippen molar-refractivity contribution in [2.75, 3.05) is 19.6 Å². The van der Waals surface area contributed by atoms with Crippen LogP contribution >= 0.6 is 0 Å². The van der Waals surface area contributed by atoms with E-state index in [-0.39, 0.29) is 17.2 Å². The first-order chi connectivity index (χ1) is 13.2. The van der Waals surface area contributed by atoms with Crippen molar-refractivity contribution in [1.82, 2.24) is 19.6 Å². The lowest BCUT2D eigenvalue weighted by atomic mass is 10.1. The van der Waals surface area contributed by atoms with E-state index in [9.17, 15) is 9.59 Å². The van der Waals surface area contributed by atoms with Gasteiger partial charge in [-0.2, -0.15) is 0 Å². The second kappa shape index (κ2) is 7.75. The molecule has 3 aromatic rings. The zero-order chi connectivity index (χ0) is 18.6. The molecule has 0 bridgehead atoms. The van der Waals surface area contributed by atoms with E-state index in [4.69, 9.17) is 4.42 Å². The predicted molar refractivity (Wildman–Crippen MR) is 101 cm³/mol. The lowest BCUT2D eigenvalue weighted by molar-refractivity contribution is 0.0912. The summed E-state index contributed by atoms with van der Waals surface area (Å²) in [6.45, 7) is 2.33. The Labute approximate surface area is 156 Å². The van der Waals surface area contributed by atoms with Gasteiger partial charge in [0.15, 0.2) is 0 Å². The quantitative estimate of drug-likeness (QED) is 0.749. The van der Waals surface area contributed by atoms with Crippen molar-refractivity contribution in [3.63, 3.8) is 0 Å². The first kappa shape index (κ1) is 17.5. The molecule has 4 rings (SSSR count). The van der Waals surface area contributed by atoms with Crippen molar-refractivity contribution in [3.8, 4) is 0 Å². The summed E-state index contributed by atoms with van der Waals surface area (Å²) in [6, 6.07) is 9.01. The fraction of sp³-hybridized carbons (Fsp3) is 0.350. The number of carbonyl (C=O) groups excluding carboxylic acids is 1. The molecule has 0 spiro atoms. The zero-order valence-corrected chi connectivity index (χ0v) is 15.0. The molecule has 0 unspecified atom stereocenters. The van der Waals surface area contributed by atoms with Crippen LogP contribution in [0.2, 0.25) is 0 Å². The Morgan fingerprint density at radius 2 is 2.04 bits per heavy atom. The van der Waals surface area contributed by atoms with Crippen molar-refractivity contribution in [2.24, 2.45) is 0 Å². The van der Waals surface area contributed by atoms with Gasteiger partial charge in [0.25, 0.3) is 11.5 Å². The fourth-order valence-corrected chi connectivity index (χ4v) is 3.59. The van der Waals surface area contributed by atoms with Crippen LogP contribution in [0.4, 0.5) is 0 Å². The molecule has 1 amide bonds. The van der Waals surface area contributed by atoms with Gasteiger partial charge in [0.2, 0.25) is 0 Å². The van der Waals surface area contributed by atoms with E-state index in [1.54, 1.807) is 30.7 Å². The molecule has 0 radical (unpaired) electrons. The van der Waals surface area contributed by atoms with Crippen molar-refractivity contribution < 1.29 is 9.21 Å². The molecular weight excluding hydrogens is 344 g/mol. The third kappa shape index (κ3) is 3.64. The van der Waals surface area contributed by atoms with E-state index in [0.717, 1.165) is 31.7 Å². The zero-order valence-electron chi connectivity index (χ0n) is 15.0. The van der Waals surface area contributed by atoms with Gasteiger partial charge >= 0.3 is 0 Å². The van der Waals surface area contributed by atoms with Crippen molar-refractivity contribution in [1.29, 1.82) is 0 Å². The summed E-state index contributed by atoms with van der Waals surface area (Å²) in [4.78, 5) is 31.8. The fourth-order valence-electron chi connectivity index (χ4n) is 3.59. The number of amides is 1. The molecule has 27 heavy (non-hydrogen) atoms. The van der Waals surface area contributed by atoms with E-state index >= 15 is 0 Å². The van der Waals surface area contributed by atoms with Gasteiger partial charge in [0, 0.05) is 18.9 Å². The largest absolute Gasteiger partial charge is 0.468 e. The number of nitrogens with one attached hydrogen (secondary N) is 1. The van der Waals surface area contributed by atoms with Gasteiger partial charge in [-0.25, -0.2) is 4.98 Å². The van der Waals surface area contributed by atoms with Crippen LogP contribution in [0.5, 0.6) is 0 Å². The number of hydrogen-bond acceptors (Lipinski definition) is 5. The third-order valence-corrected chi connectivity index (χ3v) is 5.02. The third-order valence-electron chi connectivity index (χ3n) is 5.02. The number of furan rings is 1. The van der Waals surface area contributed by atoms with Gasteiger partial charge in [-0.15, -0.1) is 0 Å². The minimum absolute atomic E-state index is 0.0375. The van der Waals surface area contributed by atoms with E-state index in [1.165, 1.54) is 17.0 Å². The van der Waals surface area contributed by atoms with Crippen LogP contribution in [-0.4, -0.2) is 39.8 Å². The number of carbonyl (C=O) groups is 1. The number of likely N-dealkylation sites (tertiary alicyclic amines) is 1. The van der Waals surface area contributed by atoms with E-state index in [2.05, 4.69) is 15.2 Å². The van der Waals surface area contributed by atoms with Crippen LogP contribution in [0.3, 0.4) is 0 Å². The molecule has 0 aromatic carbocycles. The molecule has 1 fully saturated rings. The number of fused-ring (bicyclic) bond motifs is 1. The Balaban J connectivity index is 1.53. The minimum atomic E-state index is -0.417. The van der Waals surface area contributed by atoms with E-state index in [0.29, 0.717) is 12.2 Å². The van der Waals surface area contributed by atoms with Crippen LogP contribution in [0.25, 0.3) is 5.65 Å². The Kier molecular flexibility index (Phi) is 5.02. The smallest absolute Gasteiger partial charge is 0.270 e. The summed E-state index contributed by atoms with van der Waals surface area (Å²) in [5, 5.41) is 2.90. The summed E-state index contributed by atoms with van der Waals surface area (Å²) in [5.74, 6) is 0.407. The molecule has 4 heterocycles. The van der Waals surface area contributed by atoms with Gasteiger partial charge in [0.05, 0.1) is 12.3 Å². The number of aromatic nitrogens is 2. The van der Waals surface area contributed by atoms with Gasteiger partial charge in [-0.1, -0.05) is 12.5 Å². The molecule has 0 aliphatic carbocycles. The highest BCUT2D eigenvalue weighted by atomic mass is 16.3. The van der Waals surface area contributed by atoms with Gasteiger partial charge in [0.1, 0.15) is 17.0 Å². The highest BCUT2D eigenvalue weighted by Gasteiger charge is 2.25. The molecular formula is C20H22N4O3. The standard InChI is InChI=1S/C20H22N4O3/c25-19(15-13-21-18-8-2-5-11-24(18)20(15)26)22-14-16(17-7-6-12-27-17)23-9-3-1-4-10-23/h2,5-8,11-13,16H,1,3-4,9-10,14H2,(H,22,25)/t16-/m1/s1. The van der Waals surface area contributed by atoms with Crippen LogP contribution in [0.1, 0.15) is 41.4 Å². The molecule has 0 saturated carbocycles. The Morgan fingerprint density at radius 1 is 1.19 bits per heavy atom. The van der Waals surface area contributed by atoms with E-state index in [1.807, 2.05) is 12.1 Å². The summed E-state index contributed by atoms with van der Waals surface area (Å²) >= 11 is 0. The number of pyridine rings is 1. The maximum atomic E-state index is 12.7. The van der Waals surface area contributed by atoms with Gasteiger partial charge in [-0.05, 0) is 50.2 Å². The molecule has 140 valence electrons. The monoisotopic (exact) mass is 366 g/mol. The molecule has 7 nitrogen and oxygen atoms in total. The predicted octanol–water partition coefficient (Wildman–Crippen LogP) is 2.24. The maximum Gasteiger partial charge on any atom is 0.270 e. The Hall–Kier alpha value is -2.93. The Morgan fingerprint density at radius 3 is 2.81 bits per heavy atom. The minimum Gasteiger partial charge on any atom is -0.468 e. The topological polar surface area (TPSA) is 79.8 Å². The highest BCUT2D eigenvalue weighted by molar-refractivity contribution is 5.93. The molecule has 3 aromatic heterocycles. The molecule has 1 N–H and O–H groups in total. The average molecular weight is 366 g/mol. The molecule has 1 aliphatic rings. The lowest BCUT2D eigenvalue weighted by Gasteiger charge is -2.33. The van der Waals surface area contributed by atoms with Gasteiger partial charge < -0.3 is 9.73 Å². The molecule has 1 saturated heterocycles. The van der Waals surface area contributed by atoms with Crippen molar-refractivity contribution in [3.05, 3.63) is 70.7 Å². The van der Waals surface area contributed by atoms with Gasteiger partial charge in [-0.3, -0.25) is 18.9 Å². The van der Waals surface area contributed by atoms with Crippen LogP contribution in [0.15, 0.2) is 58.2 Å². The second-order valence-electron chi connectivity index (χ2n) is 6.74. The molecule has 1 aliphatic heterocycles. The van der Waals surface area contributed by atoms with Crippen LogP contribution < -0.4 is 10.9 Å². The maximum absolute atomic E-state index is 12.7. The van der Waals surface area contributed by atoms with Crippen molar-refractivity contribution >= 4 is 11.6 Å². The number of piperidine rings is 1. The Bertz CT molecular complexity index is 974. The second-order valence-corrected chi connectivity index (χ2v) is 6.74. The highest BCUT2D eigenvalue weighted by Crippen LogP contribution is 2.24. The van der Waals surface area contributed by atoms with Crippen LogP contribution in [-0.2, 0) is 0 Å². The summed E-state index contributed by atoms with van der Waals surface area (Å²) in [7, 11) is 0. The molecule has 1 atom stereocenters. The summed E-state index contributed by atoms with van der Waals surface area (Å²) in [6.07, 6.45) is 8.11. The summed E-state index contributed by atoms with van der Waals surface area (Å²) < 4.78 is 6.98. The number of hydrogen-bond donors (Lipinski definition) is 1. The van der Waals surface area contributed by atoms with Crippen LogP contribution in [0, 0.1) is 0 Å². The first-order valence-corrected chi connectivity index (χ1v) is 9.26. The summed E-state index contributed by atoms with van der Waals surface area (Å²) in [5.41, 5.74) is 0.182. The van der Waals surface area contributed by atoms with E-state index < -0.39 is 5.91 Å².